The van der Waals surface area contributed by atoms with Crippen molar-refractivity contribution in [2.45, 2.75) is 58.4 Å². The normalized spacial score (nSPS) is 38.9. The zero-order valence-corrected chi connectivity index (χ0v) is 14.0. The zero-order valence-electron chi connectivity index (χ0n) is 13.1. The first-order valence-corrected chi connectivity index (χ1v) is 9.34. The van der Waals surface area contributed by atoms with E-state index in [2.05, 4.69) is 19.3 Å². The molecule has 1 unspecified atom stereocenters. The van der Waals surface area contributed by atoms with Crippen LogP contribution in [0.5, 0.6) is 0 Å². The van der Waals surface area contributed by atoms with Crippen LogP contribution in [-0.4, -0.2) is 11.0 Å². The van der Waals surface area contributed by atoms with Gasteiger partial charge in [0.1, 0.15) is 0 Å². The first-order chi connectivity index (χ1) is 10.1. The van der Waals surface area contributed by atoms with E-state index in [0.29, 0.717) is 6.04 Å². The van der Waals surface area contributed by atoms with Crippen LogP contribution in [0.3, 0.4) is 0 Å². The van der Waals surface area contributed by atoms with E-state index >= 15 is 0 Å². The highest BCUT2D eigenvalue weighted by Crippen LogP contribution is 2.57. The molecule has 3 N–H and O–H groups in total. The highest BCUT2D eigenvalue weighted by molar-refractivity contribution is 7.11. The Kier molecular flexibility index (Phi) is 3.59. The fraction of sp³-hybridized carbons (Fsp3) is 0.824. The first kappa shape index (κ1) is 14.2. The molecule has 4 bridgehead atoms. The van der Waals surface area contributed by atoms with Crippen LogP contribution in [0, 0.1) is 43.4 Å². The minimum absolute atomic E-state index is 0.421. The van der Waals surface area contributed by atoms with Crippen molar-refractivity contribution in [2.24, 2.45) is 35.4 Å². The molecule has 1 atom stereocenters. The van der Waals surface area contributed by atoms with Crippen LogP contribution < -0.4 is 11.3 Å². The minimum Gasteiger partial charge on any atom is -0.271 e. The summed E-state index contributed by atoms with van der Waals surface area (Å²) < 4.78 is 0. The summed E-state index contributed by atoms with van der Waals surface area (Å²) in [7, 11) is 0. The number of hydrazine groups is 1. The van der Waals surface area contributed by atoms with Crippen LogP contribution >= 0.6 is 11.3 Å². The van der Waals surface area contributed by atoms with Gasteiger partial charge in [-0.1, -0.05) is 0 Å². The van der Waals surface area contributed by atoms with Gasteiger partial charge in [-0.2, -0.15) is 0 Å². The van der Waals surface area contributed by atoms with Crippen molar-refractivity contribution in [1.82, 2.24) is 10.4 Å². The molecule has 0 amide bonds. The van der Waals surface area contributed by atoms with E-state index in [1.165, 1.54) is 47.7 Å². The minimum atomic E-state index is 0.421. The van der Waals surface area contributed by atoms with Gasteiger partial charge in [0.15, 0.2) is 0 Å². The Hall–Kier alpha value is -0.450. The predicted octanol–water partition coefficient (Wildman–Crippen LogP) is 3.21. The van der Waals surface area contributed by atoms with E-state index in [1.54, 1.807) is 0 Å². The lowest BCUT2D eigenvalue weighted by Gasteiger charge is -2.56. The summed E-state index contributed by atoms with van der Waals surface area (Å²) in [5.41, 5.74) is 4.36. The summed E-state index contributed by atoms with van der Waals surface area (Å²) in [5.74, 6) is 10.7. The van der Waals surface area contributed by atoms with Gasteiger partial charge < -0.3 is 0 Å². The summed E-state index contributed by atoms with van der Waals surface area (Å²) in [4.78, 5) is 6.09. The van der Waals surface area contributed by atoms with Gasteiger partial charge in [-0.3, -0.25) is 11.3 Å². The number of aromatic nitrogens is 1. The Morgan fingerprint density at radius 1 is 1.14 bits per heavy atom. The Balaban J connectivity index is 1.53. The van der Waals surface area contributed by atoms with Crippen molar-refractivity contribution >= 4 is 11.3 Å². The summed E-state index contributed by atoms with van der Waals surface area (Å²) in [6, 6.07) is 0.421. The molecule has 21 heavy (non-hydrogen) atoms. The summed E-state index contributed by atoms with van der Waals surface area (Å²) in [6.45, 7) is 4.29. The second kappa shape index (κ2) is 5.32. The number of rotatable bonds is 4. The molecule has 1 heterocycles. The van der Waals surface area contributed by atoms with Gasteiger partial charge in [0.05, 0.1) is 10.7 Å². The molecule has 1 aromatic heterocycles. The fourth-order valence-corrected chi connectivity index (χ4v) is 6.74. The van der Waals surface area contributed by atoms with Crippen LogP contribution in [0.2, 0.25) is 0 Å². The Morgan fingerprint density at radius 3 is 2.24 bits per heavy atom. The molecule has 0 spiro atoms. The molecule has 4 aliphatic carbocycles. The van der Waals surface area contributed by atoms with Crippen LogP contribution in [-0.2, 0) is 6.42 Å². The Labute approximate surface area is 131 Å². The van der Waals surface area contributed by atoms with Gasteiger partial charge in [-0.25, -0.2) is 4.98 Å². The third-order valence-electron chi connectivity index (χ3n) is 6.45. The highest BCUT2D eigenvalue weighted by Gasteiger charge is 2.50. The van der Waals surface area contributed by atoms with Crippen molar-refractivity contribution < 1.29 is 0 Å². The standard InChI is InChI=1S/C17H27N3S/c1-9-10(2)21-16(19-9)8-15(20-18)17-13-4-11-3-12(6-13)7-14(17)5-11/h11-15,17,20H,3-8,18H2,1-2H3. The molecule has 0 radical (unpaired) electrons. The number of nitrogens with two attached hydrogens (primary N) is 1. The van der Waals surface area contributed by atoms with Gasteiger partial charge in [0.25, 0.3) is 0 Å². The smallest absolute Gasteiger partial charge is 0.0947 e. The van der Waals surface area contributed by atoms with Crippen LogP contribution in [0.25, 0.3) is 0 Å². The van der Waals surface area contributed by atoms with Gasteiger partial charge in [-0.15, -0.1) is 11.3 Å². The molecule has 4 saturated carbocycles. The van der Waals surface area contributed by atoms with Crippen LogP contribution in [0.1, 0.15) is 47.7 Å². The van der Waals surface area contributed by atoms with Crippen LogP contribution in [0.4, 0.5) is 0 Å². The van der Waals surface area contributed by atoms with E-state index < -0.39 is 0 Å². The number of thiazole rings is 1. The maximum Gasteiger partial charge on any atom is 0.0947 e. The lowest BCUT2D eigenvalue weighted by Crippen LogP contribution is -2.55. The molecule has 1 aromatic rings. The molecule has 0 aromatic carbocycles. The third kappa shape index (κ3) is 2.45. The van der Waals surface area contributed by atoms with Crippen molar-refractivity contribution in [2.75, 3.05) is 0 Å². The molecular formula is C17H27N3S. The maximum atomic E-state index is 5.97. The summed E-state index contributed by atoms with van der Waals surface area (Å²) in [6.07, 6.45) is 8.39. The second-order valence-corrected chi connectivity index (χ2v) is 9.02. The number of nitrogens with one attached hydrogen (secondary N) is 1. The molecule has 4 heteroatoms. The summed E-state index contributed by atoms with van der Waals surface area (Å²) in [5, 5.41) is 1.27. The van der Waals surface area contributed by atoms with E-state index in [1.807, 2.05) is 11.3 Å². The maximum absolute atomic E-state index is 5.97. The average molecular weight is 305 g/mol. The lowest BCUT2D eigenvalue weighted by molar-refractivity contribution is -0.0517. The van der Waals surface area contributed by atoms with E-state index in [9.17, 15) is 0 Å². The highest BCUT2D eigenvalue weighted by atomic mass is 32.1. The van der Waals surface area contributed by atoms with Gasteiger partial charge in [0, 0.05) is 17.3 Å². The molecule has 4 aliphatic rings. The molecule has 3 nitrogen and oxygen atoms in total. The van der Waals surface area contributed by atoms with E-state index in [4.69, 9.17) is 10.8 Å². The molecule has 0 aliphatic heterocycles. The van der Waals surface area contributed by atoms with Crippen LogP contribution in [0.15, 0.2) is 0 Å². The molecule has 5 rings (SSSR count). The molecule has 4 fully saturated rings. The average Bonchev–Trinajstić information content (AvgIpc) is 2.75. The van der Waals surface area contributed by atoms with Crippen molar-refractivity contribution in [3.8, 4) is 0 Å². The van der Waals surface area contributed by atoms with Crippen molar-refractivity contribution in [1.29, 1.82) is 0 Å². The number of hydrogen-bond donors (Lipinski definition) is 2. The SMILES string of the molecule is Cc1nc(CC(NN)C2C3CC4CC(C3)CC2C4)sc1C. The zero-order chi connectivity index (χ0) is 14.6. The number of nitrogens with zero attached hydrogens (tertiary/aromatic N) is 1. The lowest BCUT2D eigenvalue weighted by atomic mass is 9.50. The third-order valence-corrected chi connectivity index (χ3v) is 7.54. The predicted molar refractivity (Wildman–Crippen MR) is 86.9 cm³/mol. The Bertz CT molecular complexity index is 477. The Morgan fingerprint density at radius 2 is 1.76 bits per heavy atom. The second-order valence-electron chi connectivity index (χ2n) is 7.73. The van der Waals surface area contributed by atoms with Crippen molar-refractivity contribution in [3.05, 3.63) is 15.6 Å². The molecule has 116 valence electrons. The van der Waals surface area contributed by atoms with E-state index in [0.717, 1.165) is 36.0 Å². The van der Waals surface area contributed by atoms with Gasteiger partial charge in [-0.05, 0) is 75.5 Å². The molecular weight excluding hydrogens is 278 g/mol. The van der Waals surface area contributed by atoms with Gasteiger partial charge in [0.2, 0.25) is 0 Å². The first-order valence-electron chi connectivity index (χ1n) is 8.53. The monoisotopic (exact) mass is 305 g/mol. The van der Waals surface area contributed by atoms with Gasteiger partial charge >= 0.3 is 0 Å². The fourth-order valence-electron chi connectivity index (χ4n) is 5.75. The van der Waals surface area contributed by atoms with Crippen molar-refractivity contribution in [3.63, 3.8) is 0 Å². The molecule has 0 saturated heterocycles. The van der Waals surface area contributed by atoms with E-state index in [-0.39, 0.29) is 0 Å². The summed E-state index contributed by atoms with van der Waals surface area (Å²) >= 11 is 1.85. The number of hydrogen-bond acceptors (Lipinski definition) is 4. The largest absolute Gasteiger partial charge is 0.271 e. The topological polar surface area (TPSA) is 50.9 Å². The quantitative estimate of drug-likeness (QED) is 0.663. The number of aryl methyl sites for hydroxylation is 2.